The van der Waals surface area contributed by atoms with E-state index in [2.05, 4.69) is 52.0 Å². The summed E-state index contributed by atoms with van der Waals surface area (Å²) in [6.45, 7) is 8.59. The highest BCUT2D eigenvalue weighted by atomic mass is 31.1. The van der Waals surface area contributed by atoms with Crippen molar-refractivity contribution in [1.29, 1.82) is 0 Å². The van der Waals surface area contributed by atoms with Crippen LogP contribution in [0.25, 0.3) is 0 Å². The second kappa shape index (κ2) is 3.64. The lowest BCUT2D eigenvalue weighted by atomic mass is 9.85. The maximum absolute atomic E-state index is 6.42. The Balaban J connectivity index is 1.87. The first-order valence-electron chi connectivity index (χ1n) is 7.22. The molecular formula is C16H21O3P. The van der Waals surface area contributed by atoms with Crippen LogP contribution in [-0.4, -0.2) is 22.3 Å². The Labute approximate surface area is 121 Å². The van der Waals surface area contributed by atoms with Crippen molar-refractivity contribution in [2.75, 3.05) is 0 Å². The standard InChI is InChI=1S/C16H21O3P/c1-13-10-14(2)18-15(3,11-13)20(16(4,17-13)19-14)12-8-6-5-7-9-12/h5-9H,10-11H2,1-4H3. The molecule has 4 aliphatic heterocycles. The lowest BCUT2D eigenvalue weighted by Crippen LogP contribution is -2.72. The fraction of sp³-hybridized carbons (Fsp3) is 0.625. The van der Waals surface area contributed by atoms with E-state index in [-0.39, 0.29) is 10.9 Å². The van der Waals surface area contributed by atoms with Gasteiger partial charge in [-0.1, -0.05) is 30.3 Å². The van der Waals surface area contributed by atoms with Crippen LogP contribution in [0.1, 0.15) is 40.5 Å². The summed E-state index contributed by atoms with van der Waals surface area (Å²) in [6, 6.07) is 10.6. The smallest absolute Gasteiger partial charge is 0.194 e. The molecule has 20 heavy (non-hydrogen) atoms. The topological polar surface area (TPSA) is 27.7 Å². The normalized spacial score (nSPS) is 53.3. The second-order valence-electron chi connectivity index (χ2n) is 6.99. The molecule has 5 unspecified atom stereocenters. The zero-order chi connectivity index (χ0) is 14.2. The summed E-state index contributed by atoms with van der Waals surface area (Å²) in [5, 5.41) is 1.11. The fourth-order valence-electron chi connectivity index (χ4n) is 4.71. The van der Waals surface area contributed by atoms with Crippen molar-refractivity contribution in [3.05, 3.63) is 30.3 Å². The number of rotatable bonds is 1. The van der Waals surface area contributed by atoms with Crippen LogP contribution in [0.4, 0.5) is 0 Å². The molecule has 4 fully saturated rings. The highest BCUT2D eigenvalue weighted by molar-refractivity contribution is 7.68. The molecule has 5 atom stereocenters. The Kier molecular flexibility index (Phi) is 2.41. The molecule has 0 N–H and O–H groups in total. The second-order valence-corrected chi connectivity index (χ2v) is 9.93. The molecule has 1 aromatic carbocycles. The molecule has 4 saturated heterocycles. The van der Waals surface area contributed by atoms with Crippen LogP contribution in [0.5, 0.6) is 0 Å². The Morgan fingerprint density at radius 3 is 2.20 bits per heavy atom. The van der Waals surface area contributed by atoms with E-state index in [0.29, 0.717) is 0 Å². The maximum Gasteiger partial charge on any atom is 0.194 e. The zero-order valence-corrected chi connectivity index (χ0v) is 13.4. The molecule has 4 heteroatoms. The Bertz CT molecular complexity index is 514. The van der Waals surface area contributed by atoms with Crippen molar-refractivity contribution in [2.24, 2.45) is 0 Å². The summed E-state index contributed by atoms with van der Waals surface area (Å²) in [5.41, 5.74) is -0.688. The van der Waals surface area contributed by atoms with Crippen LogP contribution in [0.3, 0.4) is 0 Å². The van der Waals surface area contributed by atoms with Gasteiger partial charge in [-0.25, -0.2) is 0 Å². The summed E-state index contributed by atoms with van der Waals surface area (Å²) in [7, 11) is -0.695. The Hall–Kier alpha value is -0.470. The zero-order valence-electron chi connectivity index (χ0n) is 12.5. The average molecular weight is 292 g/mol. The van der Waals surface area contributed by atoms with Crippen LogP contribution in [0, 0.1) is 0 Å². The maximum atomic E-state index is 6.42. The van der Waals surface area contributed by atoms with Gasteiger partial charge >= 0.3 is 0 Å². The summed E-state index contributed by atoms with van der Waals surface area (Å²) in [4.78, 5) is 0. The minimum atomic E-state index is -0.695. The predicted molar refractivity (Wildman–Crippen MR) is 79.1 cm³/mol. The molecule has 4 bridgehead atoms. The molecule has 3 nitrogen and oxygen atoms in total. The van der Waals surface area contributed by atoms with Gasteiger partial charge < -0.3 is 14.2 Å². The highest BCUT2D eigenvalue weighted by Crippen LogP contribution is 2.75. The van der Waals surface area contributed by atoms with Gasteiger partial charge in [0.25, 0.3) is 0 Å². The highest BCUT2D eigenvalue weighted by Gasteiger charge is 2.71. The van der Waals surface area contributed by atoms with Gasteiger partial charge in [-0.05, 0) is 33.0 Å². The quantitative estimate of drug-likeness (QED) is 0.741. The van der Waals surface area contributed by atoms with Crippen LogP contribution in [0.15, 0.2) is 30.3 Å². The molecular weight excluding hydrogens is 271 g/mol. The Morgan fingerprint density at radius 2 is 1.60 bits per heavy atom. The van der Waals surface area contributed by atoms with Crippen molar-refractivity contribution >= 4 is 13.2 Å². The third-order valence-corrected chi connectivity index (χ3v) is 7.57. The predicted octanol–water partition coefficient (Wildman–Crippen LogP) is 3.53. The first-order chi connectivity index (χ1) is 9.26. The minimum Gasteiger partial charge on any atom is -0.339 e. The average Bonchev–Trinajstić information content (AvgIpc) is 2.22. The van der Waals surface area contributed by atoms with Gasteiger partial charge in [-0.2, -0.15) is 0 Å². The van der Waals surface area contributed by atoms with Crippen molar-refractivity contribution in [3.63, 3.8) is 0 Å². The third kappa shape index (κ3) is 1.67. The van der Waals surface area contributed by atoms with Crippen molar-refractivity contribution < 1.29 is 14.2 Å². The molecule has 5 rings (SSSR count). The van der Waals surface area contributed by atoms with E-state index in [4.69, 9.17) is 14.2 Å². The molecule has 0 saturated carbocycles. The molecule has 1 aromatic rings. The van der Waals surface area contributed by atoms with Crippen LogP contribution >= 0.6 is 7.92 Å². The number of hydrogen-bond donors (Lipinski definition) is 0. The molecule has 0 amide bonds. The molecule has 4 aliphatic rings. The van der Waals surface area contributed by atoms with E-state index < -0.39 is 19.2 Å². The molecule has 0 aliphatic carbocycles. The van der Waals surface area contributed by atoms with Gasteiger partial charge in [-0.15, -0.1) is 0 Å². The number of hydrogen-bond acceptors (Lipinski definition) is 3. The van der Waals surface area contributed by atoms with Crippen LogP contribution in [0.2, 0.25) is 0 Å². The summed E-state index contributed by atoms with van der Waals surface area (Å²) >= 11 is 0. The summed E-state index contributed by atoms with van der Waals surface area (Å²) in [6.07, 6.45) is 1.75. The molecule has 4 heterocycles. The summed E-state index contributed by atoms with van der Waals surface area (Å²) in [5.74, 6) is -0.512. The molecule has 0 aromatic heterocycles. The van der Waals surface area contributed by atoms with Gasteiger partial charge in [0.15, 0.2) is 11.3 Å². The van der Waals surface area contributed by atoms with E-state index in [1.807, 2.05) is 6.07 Å². The largest absolute Gasteiger partial charge is 0.339 e. The lowest BCUT2D eigenvalue weighted by Gasteiger charge is -2.69. The van der Waals surface area contributed by atoms with Crippen molar-refractivity contribution in [2.45, 2.75) is 62.8 Å². The SMILES string of the molecule is CC12CC3(C)OC(C)(C1)P(c1ccccc1)C(C)(O2)O3. The van der Waals surface area contributed by atoms with Crippen molar-refractivity contribution in [1.82, 2.24) is 0 Å². The van der Waals surface area contributed by atoms with Crippen molar-refractivity contribution in [3.8, 4) is 0 Å². The minimum absolute atomic E-state index is 0.137. The van der Waals surface area contributed by atoms with Gasteiger partial charge in [0.1, 0.15) is 0 Å². The van der Waals surface area contributed by atoms with E-state index in [0.717, 1.165) is 12.8 Å². The third-order valence-electron chi connectivity index (χ3n) is 4.57. The van der Waals surface area contributed by atoms with Gasteiger partial charge in [0.05, 0.1) is 10.9 Å². The molecule has 0 spiro atoms. The number of benzene rings is 1. The van der Waals surface area contributed by atoms with Gasteiger partial charge in [-0.3, -0.25) is 0 Å². The van der Waals surface area contributed by atoms with E-state index >= 15 is 0 Å². The van der Waals surface area contributed by atoms with E-state index in [9.17, 15) is 0 Å². The monoisotopic (exact) mass is 292 g/mol. The van der Waals surface area contributed by atoms with E-state index in [1.54, 1.807) is 0 Å². The number of ether oxygens (including phenoxy) is 3. The Morgan fingerprint density at radius 1 is 0.900 bits per heavy atom. The van der Waals surface area contributed by atoms with Gasteiger partial charge in [0.2, 0.25) is 0 Å². The fourth-order valence-corrected chi connectivity index (χ4v) is 8.43. The van der Waals surface area contributed by atoms with Gasteiger partial charge in [0, 0.05) is 20.8 Å². The lowest BCUT2D eigenvalue weighted by molar-refractivity contribution is -0.448. The first-order valence-corrected chi connectivity index (χ1v) is 8.56. The van der Waals surface area contributed by atoms with E-state index in [1.165, 1.54) is 5.30 Å². The molecule has 108 valence electrons. The molecule has 0 radical (unpaired) electrons. The first kappa shape index (κ1) is 13.2. The van der Waals surface area contributed by atoms with Crippen LogP contribution in [-0.2, 0) is 14.2 Å². The summed E-state index contributed by atoms with van der Waals surface area (Å²) < 4.78 is 19.1. The van der Waals surface area contributed by atoms with Crippen LogP contribution < -0.4 is 5.30 Å².